The summed E-state index contributed by atoms with van der Waals surface area (Å²) in [7, 11) is -2.93. The van der Waals surface area contributed by atoms with Gasteiger partial charge in [-0.25, -0.2) is 12.8 Å². The zero-order valence-electron chi connectivity index (χ0n) is 9.73. The molecule has 0 spiro atoms. The van der Waals surface area contributed by atoms with Crippen LogP contribution >= 0.6 is 11.6 Å². The van der Waals surface area contributed by atoms with Crippen molar-refractivity contribution in [2.75, 3.05) is 18.1 Å². The van der Waals surface area contributed by atoms with Gasteiger partial charge >= 0.3 is 0 Å². The maximum Gasteiger partial charge on any atom is 0.150 e. The lowest BCUT2D eigenvalue weighted by Gasteiger charge is -2.22. The Morgan fingerprint density at radius 3 is 2.83 bits per heavy atom. The molecular weight excluding hydrogens is 279 g/mol. The number of hydrogen-bond acceptors (Lipinski definition) is 3. The van der Waals surface area contributed by atoms with E-state index < -0.39 is 15.7 Å². The van der Waals surface area contributed by atoms with E-state index in [0.717, 1.165) is 6.42 Å². The lowest BCUT2D eigenvalue weighted by molar-refractivity contribution is 0.248. The molecule has 1 saturated heterocycles. The number of benzene rings is 1. The van der Waals surface area contributed by atoms with Crippen LogP contribution in [0.1, 0.15) is 12.8 Å². The molecule has 1 aromatic carbocycles. The normalized spacial score (nSPS) is 22.7. The summed E-state index contributed by atoms with van der Waals surface area (Å²) < 4.78 is 41.4. The SMILES string of the molecule is O=S1(=O)CCCC(COc2cc(F)cc(Cl)c2)C1. The zero-order chi connectivity index (χ0) is 13.2. The van der Waals surface area contributed by atoms with Gasteiger partial charge in [0, 0.05) is 17.0 Å². The third-order valence-corrected chi connectivity index (χ3v) is 4.99. The second-order valence-corrected chi connectivity index (χ2v) is 7.20. The molecule has 0 aromatic heterocycles. The number of hydrogen-bond donors (Lipinski definition) is 0. The fourth-order valence-electron chi connectivity index (χ4n) is 2.08. The van der Waals surface area contributed by atoms with Crippen LogP contribution in [0.2, 0.25) is 5.02 Å². The van der Waals surface area contributed by atoms with Gasteiger partial charge in [0.15, 0.2) is 9.84 Å². The standard InChI is InChI=1S/C12H14ClFO3S/c13-10-4-11(14)6-12(5-10)17-7-9-2-1-3-18(15,16)8-9/h4-6,9H,1-3,7-8H2. The minimum absolute atomic E-state index is 0.0224. The van der Waals surface area contributed by atoms with Gasteiger partial charge in [-0.3, -0.25) is 0 Å². The molecule has 6 heteroatoms. The lowest BCUT2D eigenvalue weighted by Crippen LogP contribution is -2.29. The molecule has 18 heavy (non-hydrogen) atoms. The van der Waals surface area contributed by atoms with Gasteiger partial charge in [0.05, 0.1) is 18.1 Å². The fraction of sp³-hybridized carbons (Fsp3) is 0.500. The summed E-state index contributed by atoms with van der Waals surface area (Å²) in [5.74, 6) is 0.258. The van der Waals surface area contributed by atoms with Crippen molar-refractivity contribution in [1.29, 1.82) is 0 Å². The minimum Gasteiger partial charge on any atom is -0.493 e. The van der Waals surface area contributed by atoms with Gasteiger partial charge in [-0.2, -0.15) is 0 Å². The molecule has 0 aliphatic carbocycles. The predicted molar refractivity (Wildman–Crippen MR) is 68.3 cm³/mol. The largest absolute Gasteiger partial charge is 0.493 e. The highest BCUT2D eigenvalue weighted by Crippen LogP contribution is 2.23. The van der Waals surface area contributed by atoms with Crippen molar-refractivity contribution >= 4 is 21.4 Å². The maximum absolute atomic E-state index is 13.1. The Balaban J connectivity index is 1.95. The summed E-state index contributed by atoms with van der Waals surface area (Å²) in [4.78, 5) is 0. The molecule has 1 atom stereocenters. The van der Waals surface area contributed by atoms with E-state index >= 15 is 0 Å². The zero-order valence-corrected chi connectivity index (χ0v) is 11.3. The Hall–Kier alpha value is -0.810. The van der Waals surface area contributed by atoms with Crippen LogP contribution in [0.3, 0.4) is 0 Å². The highest BCUT2D eigenvalue weighted by Gasteiger charge is 2.25. The lowest BCUT2D eigenvalue weighted by atomic mass is 10.1. The van der Waals surface area contributed by atoms with Crippen molar-refractivity contribution in [2.24, 2.45) is 5.92 Å². The molecular formula is C12H14ClFO3S. The predicted octanol–water partition coefficient (Wildman–Crippen LogP) is 2.68. The maximum atomic E-state index is 13.1. The van der Waals surface area contributed by atoms with E-state index in [1.54, 1.807) is 0 Å². The molecule has 1 heterocycles. The molecule has 0 bridgehead atoms. The molecule has 0 amide bonds. The summed E-state index contributed by atoms with van der Waals surface area (Å²) in [6.07, 6.45) is 1.49. The molecule has 1 fully saturated rings. The fourth-order valence-corrected chi connectivity index (χ4v) is 4.04. The Kier molecular flexibility index (Phi) is 4.12. The molecule has 1 unspecified atom stereocenters. The highest BCUT2D eigenvalue weighted by molar-refractivity contribution is 7.91. The average Bonchev–Trinajstić information content (AvgIpc) is 2.24. The van der Waals surface area contributed by atoms with Crippen LogP contribution in [-0.2, 0) is 9.84 Å². The summed E-state index contributed by atoms with van der Waals surface area (Å²) in [6, 6.07) is 3.95. The van der Waals surface area contributed by atoms with E-state index in [1.807, 2.05) is 0 Å². The number of rotatable bonds is 3. The van der Waals surface area contributed by atoms with Crippen LogP contribution in [0.15, 0.2) is 18.2 Å². The Bertz CT molecular complexity index is 510. The average molecular weight is 293 g/mol. The molecule has 0 saturated carbocycles. The molecule has 0 N–H and O–H groups in total. The first-order chi connectivity index (χ1) is 8.44. The quantitative estimate of drug-likeness (QED) is 0.860. The molecule has 3 nitrogen and oxygen atoms in total. The van der Waals surface area contributed by atoms with Crippen LogP contribution in [0.5, 0.6) is 5.75 Å². The summed E-state index contributed by atoms with van der Waals surface area (Å²) in [5, 5.41) is 0.265. The van der Waals surface area contributed by atoms with Gasteiger partial charge in [-0.05, 0) is 25.0 Å². The summed E-state index contributed by atoms with van der Waals surface area (Å²) in [6.45, 7) is 0.277. The van der Waals surface area contributed by atoms with Crippen molar-refractivity contribution in [3.63, 3.8) is 0 Å². The van der Waals surface area contributed by atoms with Gasteiger partial charge in [-0.1, -0.05) is 11.6 Å². The van der Waals surface area contributed by atoms with Crippen molar-refractivity contribution in [1.82, 2.24) is 0 Å². The molecule has 1 aliphatic rings. The van der Waals surface area contributed by atoms with Gasteiger partial charge in [0.2, 0.25) is 0 Å². The second-order valence-electron chi connectivity index (χ2n) is 4.54. The van der Waals surface area contributed by atoms with Crippen LogP contribution in [0, 0.1) is 11.7 Å². The Morgan fingerprint density at radius 2 is 2.17 bits per heavy atom. The van der Waals surface area contributed by atoms with Crippen LogP contribution in [0.4, 0.5) is 4.39 Å². The first-order valence-corrected chi connectivity index (χ1v) is 7.94. The molecule has 1 aromatic rings. The first-order valence-electron chi connectivity index (χ1n) is 5.74. The van der Waals surface area contributed by atoms with E-state index in [-0.39, 0.29) is 29.1 Å². The Labute approximate surface area is 111 Å². The Morgan fingerprint density at radius 1 is 1.39 bits per heavy atom. The third kappa shape index (κ3) is 3.85. The van der Waals surface area contributed by atoms with E-state index in [0.29, 0.717) is 12.2 Å². The van der Waals surface area contributed by atoms with E-state index in [2.05, 4.69) is 0 Å². The van der Waals surface area contributed by atoms with Crippen molar-refractivity contribution < 1.29 is 17.5 Å². The van der Waals surface area contributed by atoms with Crippen molar-refractivity contribution in [3.05, 3.63) is 29.0 Å². The molecule has 1 aliphatic heterocycles. The number of halogens is 2. The van der Waals surface area contributed by atoms with E-state index in [9.17, 15) is 12.8 Å². The van der Waals surface area contributed by atoms with Crippen molar-refractivity contribution in [3.8, 4) is 5.75 Å². The molecule has 0 radical (unpaired) electrons. The first kappa shape index (κ1) is 13.6. The van der Waals surface area contributed by atoms with Gasteiger partial charge < -0.3 is 4.74 Å². The molecule has 100 valence electrons. The van der Waals surface area contributed by atoms with Crippen LogP contribution < -0.4 is 4.74 Å². The molecule has 2 rings (SSSR count). The number of sulfone groups is 1. The summed E-state index contributed by atoms with van der Waals surface area (Å²) >= 11 is 5.70. The van der Waals surface area contributed by atoms with Crippen LogP contribution in [-0.4, -0.2) is 26.5 Å². The van der Waals surface area contributed by atoms with E-state index in [1.165, 1.54) is 18.2 Å². The van der Waals surface area contributed by atoms with Gasteiger partial charge in [0.25, 0.3) is 0 Å². The van der Waals surface area contributed by atoms with E-state index in [4.69, 9.17) is 16.3 Å². The summed E-state index contributed by atoms with van der Waals surface area (Å²) in [5.41, 5.74) is 0. The smallest absolute Gasteiger partial charge is 0.150 e. The minimum atomic E-state index is -2.93. The van der Waals surface area contributed by atoms with Gasteiger partial charge in [0.1, 0.15) is 11.6 Å². The van der Waals surface area contributed by atoms with Gasteiger partial charge in [-0.15, -0.1) is 0 Å². The monoisotopic (exact) mass is 292 g/mol. The van der Waals surface area contributed by atoms with Crippen molar-refractivity contribution in [2.45, 2.75) is 12.8 Å². The number of ether oxygens (including phenoxy) is 1. The third-order valence-electron chi connectivity index (χ3n) is 2.88. The highest BCUT2D eigenvalue weighted by atomic mass is 35.5. The van der Waals surface area contributed by atoms with Crippen LogP contribution in [0.25, 0.3) is 0 Å². The topological polar surface area (TPSA) is 43.4 Å². The second kappa shape index (κ2) is 5.45.